The highest BCUT2D eigenvalue weighted by Crippen LogP contribution is 2.41. The minimum atomic E-state index is -0.909. The minimum absolute atomic E-state index is 0.0396. The minimum Gasteiger partial charge on any atom is -0.508 e. The van der Waals surface area contributed by atoms with E-state index in [1.807, 2.05) is 71.1 Å². The van der Waals surface area contributed by atoms with Crippen molar-refractivity contribution in [2.24, 2.45) is 5.41 Å². The molecule has 0 aromatic heterocycles. The fraction of sp³-hybridized carbons (Fsp3) is 0.289. The third kappa shape index (κ3) is 10.6. The summed E-state index contributed by atoms with van der Waals surface area (Å²) in [5.41, 5.74) is 4.71. The zero-order valence-corrected chi connectivity index (χ0v) is 26.8. The number of hydrogen-bond acceptors (Lipinski definition) is 7. The van der Waals surface area contributed by atoms with E-state index in [0.29, 0.717) is 23.3 Å². The molecule has 1 aliphatic carbocycles. The number of benzene rings is 2. The van der Waals surface area contributed by atoms with Crippen molar-refractivity contribution in [3.63, 3.8) is 0 Å². The third-order valence-electron chi connectivity index (χ3n) is 7.49. The van der Waals surface area contributed by atoms with Gasteiger partial charge in [0.1, 0.15) is 17.2 Å². The third-order valence-corrected chi connectivity index (χ3v) is 7.49. The van der Waals surface area contributed by atoms with Crippen molar-refractivity contribution in [1.29, 1.82) is 0 Å². The molecule has 0 amide bonds. The van der Waals surface area contributed by atoms with Gasteiger partial charge in [-0.2, -0.15) is 0 Å². The molecule has 1 unspecified atom stereocenters. The lowest BCUT2D eigenvalue weighted by atomic mass is 9.71. The molecule has 236 valence electrons. The van der Waals surface area contributed by atoms with Gasteiger partial charge in [-0.25, -0.2) is 0 Å². The first-order chi connectivity index (χ1) is 21.3. The Bertz CT molecular complexity index is 1570. The maximum absolute atomic E-state index is 13.1. The zero-order valence-electron chi connectivity index (χ0n) is 26.8. The Balaban J connectivity index is 1.52. The predicted octanol–water partition coefficient (Wildman–Crippen LogP) is 8.21. The molecule has 2 N–H and O–H groups in total. The molecular weight excluding hydrogens is 568 g/mol. The first kappa shape index (κ1) is 34.6. The molecule has 0 aliphatic heterocycles. The number of hydrogen-bond donors (Lipinski definition) is 2. The van der Waals surface area contributed by atoms with Crippen LogP contribution in [0, 0.1) is 5.41 Å². The zero-order chi connectivity index (χ0) is 33.1. The summed E-state index contributed by atoms with van der Waals surface area (Å²) in [5.74, 6) is -1.22. The van der Waals surface area contributed by atoms with Crippen LogP contribution in [0.3, 0.4) is 0 Å². The summed E-state index contributed by atoms with van der Waals surface area (Å²) in [6.07, 6.45) is 14.5. The number of carbonyl (C=O) groups is 3. The van der Waals surface area contributed by atoms with E-state index >= 15 is 0 Å². The number of allylic oxidation sites excluding steroid dienone is 9. The number of phenolic OH excluding ortho intramolecular Hbond substituents is 2. The molecule has 7 heteroatoms. The van der Waals surface area contributed by atoms with Gasteiger partial charge in [0.05, 0.1) is 12.8 Å². The summed E-state index contributed by atoms with van der Waals surface area (Å²) >= 11 is 0. The number of esters is 2. The van der Waals surface area contributed by atoms with Crippen molar-refractivity contribution in [1.82, 2.24) is 0 Å². The van der Waals surface area contributed by atoms with Gasteiger partial charge in [0.15, 0.2) is 11.9 Å². The SMILES string of the molecule is C/C=C(C)/C=C/C=C(C)/C=C/C1=C(C)C(=O)C(OC(=O)CCC(=O)Oc2ccc(/C=C/c3cc(O)cc(O)c3)cc2)CC1(C)C. The molecule has 0 saturated heterocycles. The molecule has 0 radical (unpaired) electrons. The van der Waals surface area contributed by atoms with E-state index in [1.54, 1.807) is 43.3 Å². The second-order valence-electron chi connectivity index (χ2n) is 11.8. The van der Waals surface area contributed by atoms with Crippen molar-refractivity contribution in [3.8, 4) is 17.2 Å². The highest BCUT2D eigenvalue weighted by atomic mass is 16.6. The van der Waals surface area contributed by atoms with Crippen molar-refractivity contribution < 1.29 is 34.1 Å². The van der Waals surface area contributed by atoms with Gasteiger partial charge in [-0.15, -0.1) is 0 Å². The topological polar surface area (TPSA) is 110 Å². The number of ether oxygens (including phenoxy) is 2. The maximum atomic E-state index is 13.1. The highest BCUT2D eigenvalue weighted by molar-refractivity contribution is 6.01. The van der Waals surface area contributed by atoms with Crippen LogP contribution in [0.2, 0.25) is 0 Å². The van der Waals surface area contributed by atoms with Crippen LogP contribution in [0.1, 0.15) is 71.9 Å². The van der Waals surface area contributed by atoms with Crippen LogP contribution >= 0.6 is 0 Å². The monoisotopic (exact) mass is 610 g/mol. The summed E-state index contributed by atoms with van der Waals surface area (Å²) in [7, 11) is 0. The summed E-state index contributed by atoms with van der Waals surface area (Å²) < 4.78 is 10.9. The first-order valence-electron chi connectivity index (χ1n) is 14.9. The molecule has 0 spiro atoms. The van der Waals surface area contributed by atoms with Gasteiger partial charge in [0, 0.05) is 12.5 Å². The Hall–Kier alpha value is -4.91. The van der Waals surface area contributed by atoms with Crippen molar-refractivity contribution >= 4 is 29.9 Å². The van der Waals surface area contributed by atoms with Gasteiger partial charge in [-0.05, 0) is 79.6 Å². The Kier molecular flexibility index (Phi) is 12.1. The van der Waals surface area contributed by atoms with E-state index in [4.69, 9.17) is 9.47 Å². The van der Waals surface area contributed by atoms with Crippen LogP contribution in [0.25, 0.3) is 12.2 Å². The van der Waals surface area contributed by atoms with E-state index in [2.05, 4.69) is 0 Å². The number of carbonyl (C=O) groups excluding carboxylic acids is 3. The molecule has 1 atom stereocenters. The smallest absolute Gasteiger partial charge is 0.311 e. The summed E-state index contributed by atoms with van der Waals surface area (Å²) in [6.45, 7) is 11.8. The quantitative estimate of drug-likeness (QED) is 0.114. The molecule has 0 saturated carbocycles. The average Bonchev–Trinajstić information content (AvgIpc) is 2.97. The molecule has 0 fully saturated rings. The Labute approximate surface area is 265 Å². The van der Waals surface area contributed by atoms with E-state index in [0.717, 1.165) is 16.7 Å². The van der Waals surface area contributed by atoms with Gasteiger partial charge in [-0.1, -0.05) is 85.7 Å². The number of rotatable bonds is 11. The fourth-order valence-electron chi connectivity index (χ4n) is 4.87. The highest BCUT2D eigenvalue weighted by Gasteiger charge is 2.39. The van der Waals surface area contributed by atoms with Crippen molar-refractivity contribution in [3.05, 3.63) is 112 Å². The second-order valence-corrected chi connectivity index (χ2v) is 11.8. The number of phenols is 2. The molecule has 3 rings (SSSR count). The summed E-state index contributed by atoms with van der Waals surface area (Å²) in [5, 5.41) is 19.2. The lowest BCUT2D eigenvalue weighted by Gasteiger charge is -2.36. The Morgan fingerprint density at radius 3 is 2.16 bits per heavy atom. The predicted molar refractivity (Wildman–Crippen MR) is 177 cm³/mol. The maximum Gasteiger partial charge on any atom is 0.311 e. The van der Waals surface area contributed by atoms with Crippen LogP contribution in [0.4, 0.5) is 0 Å². The van der Waals surface area contributed by atoms with Gasteiger partial charge < -0.3 is 19.7 Å². The fourth-order valence-corrected chi connectivity index (χ4v) is 4.87. The lowest BCUT2D eigenvalue weighted by molar-refractivity contribution is -0.157. The van der Waals surface area contributed by atoms with Crippen LogP contribution in [0.15, 0.2) is 101 Å². The van der Waals surface area contributed by atoms with E-state index < -0.39 is 23.5 Å². The second kappa shape index (κ2) is 15.7. The van der Waals surface area contributed by atoms with Crippen LogP contribution < -0.4 is 4.74 Å². The number of ketones is 1. The molecular formula is C38H42O7. The lowest BCUT2D eigenvalue weighted by Crippen LogP contribution is -2.39. The summed E-state index contributed by atoms with van der Waals surface area (Å²) in [6, 6.07) is 11.0. The molecule has 45 heavy (non-hydrogen) atoms. The average molecular weight is 611 g/mol. The molecule has 7 nitrogen and oxygen atoms in total. The standard InChI is InChI=1S/C38H42O7/c1-7-25(2)9-8-10-26(3)11-18-33-27(4)37(43)34(24-38(33,5)6)45-36(42)20-19-35(41)44-32-16-14-28(15-17-32)12-13-29-21-30(39)23-31(40)22-29/h7-18,21-23,34,39-40H,19-20,24H2,1-6H3/b9-8+,13-12+,18-11+,25-7+,26-10+. The molecule has 2 aromatic carbocycles. The van der Waals surface area contributed by atoms with Crippen molar-refractivity contribution in [2.45, 2.75) is 66.9 Å². The largest absolute Gasteiger partial charge is 0.508 e. The van der Waals surface area contributed by atoms with Crippen LogP contribution in [-0.2, 0) is 19.1 Å². The van der Waals surface area contributed by atoms with Crippen LogP contribution in [0.5, 0.6) is 17.2 Å². The number of Topliss-reactive ketones (excluding diaryl/α,β-unsaturated/α-hetero) is 1. The van der Waals surface area contributed by atoms with Gasteiger partial charge in [0.25, 0.3) is 0 Å². The molecule has 0 bridgehead atoms. The van der Waals surface area contributed by atoms with Crippen molar-refractivity contribution in [2.75, 3.05) is 0 Å². The first-order valence-corrected chi connectivity index (χ1v) is 14.9. The molecule has 0 heterocycles. The van der Waals surface area contributed by atoms with E-state index in [-0.39, 0.29) is 30.1 Å². The van der Waals surface area contributed by atoms with E-state index in [9.17, 15) is 24.6 Å². The number of aromatic hydroxyl groups is 2. The molecule has 1 aliphatic rings. The Morgan fingerprint density at radius 2 is 1.51 bits per heavy atom. The van der Waals surface area contributed by atoms with Gasteiger partial charge >= 0.3 is 11.9 Å². The van der Waals surface area contributed by atoms with Gasteiger partial charge in [-0.3, -0.25) is 14.4 Å². The normalized spacial score (nSPS) is 17.5. The van der Waals surface area contributed by atoms with Crippen LogP contribution in [-0.4, -0.2) is 34.0 Å². The molecule has 2 aromatic rings. The summed E-state index contributed by atoms with van der Waals surface area (Å²) in [4.78, 5) is 38.1. The van der Waals surface area contributed by atoms with Gasteiger partial charge in [0.2, 0.25) is 0 Å². The van der Waals surface area contributed by atoms with E-state index in [1.165, 1.54) is 23.8 Å². The Morgan fingerprint density at radius 1 is 0.889 bits per heavy atom.